The number of benzene rings is 1. The van der Waals surface area contributed by atoms with Crippen LogP contribution in [-0.2, 0) is 0 Å². The van der Waals surface area contributed by atoms with Crippen molar-refractivity contribution in [1.29, 1.82) is 0 Å². The molecule has 1 fully saturated rings. The van der Waals surface area contributed by atoms with Crippen LogP contribution >= 0.6 is 0 Å². The van der Waals surface area contributed by atoms with Crippen molar-refractivity contribution in [2.45, 2.75) is 30.9 Å². The Morgan fingerprint density at radius 2 is 2.07 bits per heavy atom. The van der Waals surface area contributed by atoms with Crippen LogP contribution in [-0.4, -0.2) is 51.1 Å². The van der Waals surface area contributed by atoms with E-state index in [-0.39, 0.29) is 17.6 Å². The van der Waals surface area contributed by atoms with Gasteiger partial charge in [0.05, 0.1) is 29.5 Å². The Hall–Kier alpha value is -2.93. The molecule has 7 heteroatoms. The summed E-state index contributed by atoms with van der Waals surface area (Å²) in [5, 5.41) is 7.49. The fraction of sp³-hybridized carbons (Fsp3) is 0.381. The second-order valence-corrected chi connectivity index (χ2v) is 7.82. The monoisotopic (exact) mass is 377 g/mol. The third-order valence-corrected chi connectivity index (χ3v) is 5.97. The SMILES string of the molecule is CN1CCC2(CC1)CC(NC(=O)c1cnn3ccncc13)c1ccccc1O2. The number of likely N-dealkylation sites (tertiary alicyclic amines) is 1. The minimum absolute atomic E-state index is 0.0903. The number of amides is 1. The largest absolute Gasteiger partial charge is 0.487 e. The van der Waals surface area contributed by atoms with E-state index in [1.165, 1.54) is 0 Å². The van der Waals surface area contributed by atoms with Crippen LogP contribution in [0.3, 0.4) is 0 Å². The molecule has 5 rings (SSSR count). The van der Waals surface area contributed by atoms with Gasteiger partial charge in [0.1, 0.15) is 11.4 Å². The van der Waals surface area contributed by atoms with Crippen LogP contribution in [0.5, 0.6) is 5.75 Å². The number of aromatic nitrogens is 3. The van der Waals surface area contributed by atoms with Gasteiger partial charge in [-0.05, 0) is 26.0 Å². The number of nitrogens with one attached hydrogen (secondary N) is 1. The zero-order valence-electron chi connectivity index (χ0n) is 15.8. The second-order valence-electron chi connectivity index (χ2n) is 7.82. The summed E-state index contributed by atoms with van der Waals surface area (Å²) in [6.45, 7) is 2.01. The van der Waals surface area contributed by atoms with E-state index >= 15 is 0 Å². The first kappa shape index (κ1) is 17.2. The van der Waals surface area contributed by atoms with Crippen molar-refractivity contribution in [3.63, 3.8) is 0 Å². The minimum Gasteiger partial charge on any atom is -0.487 e. The van der Waals surface area contributed by atoms with Gasteiger partial charge in [-0.15, -0.1) is 0 Å². The van der Waals surface area contributed by atoms with Crippen molar-refractivity contribution in [2.75, 3.05) is 20.1 Å². The van der Waals surface area contributed by atoms with E-state index in [1.54, 1.807) is 29.3 Å². The quantitative estimate of drug-likeness (QED) is 0.743. The number of fused-ring (bicyclic) bond motifs is 2. The number of nitrogens with zero attached hydrogens (tertiary/aromatic N) is 4. The number of hydrogen-bond donors (Lipinski definition) is 1. The zero-order chi connectivity index (χ0) is 19.1. The summed E-state index contributed by atoms with van der Waals surface area (Å²) >= 11 is 0. The van der Waals surface area contributed by atoms with Crippen LogP contribution in [0, 0.1) is 0 Å². The molecule has 0 bridgehead atoms. The highest BCUT2D eigenvalue weighted by molar-refractivity contribution is 6.00. The van der Waals surface area contributed by atoms with Gasteiger partial charge in [-0.25, -0.2) is 4.52 Å². The number of rotatable bonds is 2. The molecule has 0 saturated carbocycles. The van der Waals surface area contributed by atoms with E-state index < -0.39 is 0 Å². The predicted octanol–water partition coefficient (Wildman–Crippen LogP) is 2.45. The van der Waals surface area contributed by atoms with Crippen LogP contribution in [0.25, 0.3) is 5.52 Å². The van der Waals surface area contributed by atoms with Crippen molar-refractivity contribution in [3.8, 4) is 5.75 Å². The summed E-state index contributed by atoms with van der Waals surface area (Å²) in [5.74, 6) is 0.748. The lowest BCUT2D eigenvalue weighted by molar-refractivity contribution is -0.0195. The Morgan fingerprint density at radius 1 is 1.25 bits per heavy atom. The summed E-state index contributed by atoms with van der Waals surface area (Å²) in [6.07, 6.45) is 9.36. The Labute approximate surface area is 163 Å². The van der Waals surface area contributed by atoms with Crippen LogP contribution in [0.15, 0.2) is 49.1 Å². The first-order valence-corrected chi connectivity index (χ1v) is 9.68. The lowest BCUT2D eigenvalue weighted by atomic mass is 9.80. The topological polar surface area (TPSA) is 71.8 Å². The summed E-state index contributed by atoms with van der Waals surface area (Å²) < 4.78 is 8.14. The van der Waals surface area contributed by atoms with E-state index in [9.17, 15) is 4.79 Å². The van der Waals surface area contributed by atoms with E-state index in [1.807, 2.05) is 24.3 Å². The van der Waals surface area contributed by atoms with Gasteiger partial charge < -0.3 is 15.0 Å². The molecule has 0 aliphatic carbocycles. The first-order valence-electron chi connectivity index (χ1n) is 9.68. The standard InChI is InChI=1S/C21H23N5O2/c1-25-9-6-21(7-10-25)12-17(15-4-2-3-5-19(15)28-21)24-20(27)16-13-23-26-11-8-22-14-18(16)26/h2-5,8,11,13-14,17H,6-7,9-10,12H2,1H3,(H,24,27). The molecule has 144 valence electrons. The number of para-hydroxylation sites is 1. The minimum atomic E-state index is -0.221. The van der Waals surface area contributed by atoms with Crippen LogP contribution < -0.4 is 10.1 Å². The van der Waals surface area contributed by atoms with Crippen molar-refractivity contribution in [3.05, 3.63) is 60.2 Å². The maximum atomic E-state index is 13.1. The third kappa shape index (κ3) is 2.92. The second kappa shape index (κ2) is 6.60. The summed E-state index contributed by atoms with van der Waals surface area (Å²) in [7, 11) is 2.14. The summed E-state index contributed by atoms with van der Waals surface area (Å²) in [4.78, 5) is 19.5. The maximum Gasteiger partial charge on any atom is 0.255 e. The Balaban J connectivity index is 1.45. The van der Waals surface area contributed by atoms with Crippen molar-refractivity contribution in [2.24, 2.45) is 0 Å². The molecular weight excluding hydrogens is 354 g/mol. The van der Waals surface area contributed by atoms with Gasteiger partial charge in [-0.1, -0.05) is 18.2 Å². The Morgan fingerprint density at radius 3 is 2.93 bits per heavy atom. The van der Waals surface area contributed by atoms with E-state index in [0.717, 1.165) is 43.7 Å². The predicted molar refractivity (Wildman–Crippen MR) is 104 cm³/mol. The highest BCUT2D eigenvalue weighted by atomic mass is 16.5. The van der Waals surface area contributed by atoms with Crippen LogP contribution in [0.1, 0.15) is 41.2 Å². The molecule has 1 atom stereocenters. The smallest absolute Gasteiger partial charge is 0.255 e. The Bertz CT molecular complexity index is 1020. The van der Waals surface area contributed by atoms with Crippen LogP contribution in [0.4, 0.5) is 0 Å². The highest BCUT2D eigenvalue weighted by Gasteiger charge is 2.43. The van der Waals surface area contributed by atoms with Gasteiger partial charge in [0.25, 0.3) is 5.91 Å². The third-order valence-electron chi connectivity index (χ3n) is 5.97. The fourth-order valence-corrected chi connectivity index (χ4v) is 4.32. The first-order chi connectivity index (χ1) is 13.6. The molecule has 28 heavy (non-hydrogen) atoms. The molecule has 1 aromatic carbocycles. The van der Waals surface area contributed by atoms with Gasteiger partial charge in [0.15, 0.2) is 0 Å². The molecule has 1 N–H and O–H groups in total. The molecule has 1 saturated heterocycles. The van der Waals surface area contributed by atoms with Gasteiger partial charge in [0.2, 0.25) is 0 Å². The molecule has 2 aromatic heterocycles. The summed E-state index contributed by atoms with van der Waals surface area (Å²) in [6, 6.07) is 7.94. The summed E-state index contributed by atoms with van der Waals surface area (Å²) in [5.41, 5.74) is 2.06. The number of ether oxygens (including phenoxy) is 1. The number of piperidine rings is 1. The molecule has 2 aliphatic rings. The normalized spacial score (nSPS) is 21.2. The lowest BCUT2D eigenvalue weighted by Crippen LogP contribution is -2.51. The highest BCUT2D eigenvalue weighted by Crippen LogP contribution is 2.44. The molecule has 1 spiro atoms. The average Bonchev–Trinajstić information content (AvgIpc) is 3.15. The van der Waals surface area contributed by atoms with Gasteiger partial charge in [-0.3, -0.25) is 9.78 Å². The zero-order valence-corrected chi connectivity index (χ0v) is 15.8. The van der Waals surface area contributed by atoms with Gasteiger partial charge in [-0.2, -0.15) is 5.10 Å². The van der Waals surface area contributed by atoms with Crippen LogP contribution in [0.2, 0.25) is 0 Å². The average molecular weight is 377 g/mol. The molecule has 4 heterocycles. The van der Waals surface area contributed by atoms with Crippen molar-refractivity contribution >= 4 is 11.4 Å². The number of carbonyl (C=O) groups is 1. The number of hydrogen-bond acceptors (Lipinski definition) is 5. The lowest BCUT2D eigenvalue weighted by Gasteiger charge is -2.46. The number of carbonyl (C=O) groups excluding carboxylic acids is 1. The van der Waals surface area contributed by atoms with Gasteiger partial charge in [0, 0.05) is 37.5 Å². The van der Waals surface area contributed by atoms with E-state index in [4.69, 9.17) is 4.74 Å². The molecule has 0 radical (unpaired) electrons. The molecule has 1 unspecified atom stereocenters. The van der Waals surface area contributed by atoms with Crippen molar-refractivity contribution in [1.82, 2.24) is 24.8 Å². The maximum absolute atomic E-state index is 13.1. The van der Waals surface area contributed by atoms with E-state index in [0.29, 0.717) is 11.1 Å². The molecular formula is C21H23N5O2. The fourth-order valence-electron chi connectivity index (χ4n) is 4.32. The van der Waals surface area contributed by atoms with E-state index in [2.05, 4.69) is 27.3 Å². The van der Waals surface area contributed by atoms with Gasteiger partial charge >= 0.3 is 0 Å². The Kier molecular flexibility index (Phi) is 4.05. The molecule has 2 aliphatic heterocycles. The molecule has 7 nitrogen and oxygen atoms in total. The van der Waals surface area contributed by atoms with Crippen molar-refractivity contribution < 1.29 is 9.53 Å². The molecule has 1 amide bonds. The molecule has 3 aromatic rings.